The van der Waals surface area contributed by atoms with Crippen LogP contribution >= 0.6 is 0 Å². The molecule has 0 saturated carbocycles. The van der Waals surface area contributed by atoms with Crippen molar-refractivity contribution in [1.29, 1.82) is 0 Å². The van der Waals surface area contributed by atoms with E-state index in [1.54, 1.807) is 0 Å². The van der Waals surface area contributed by atoms with Crippen LogP contribution in [-0.2, 0) is 13.0 Å². The van der Waals surface area contributed by atoms with Gasteiger partial charge in [-0.2, -0.15) is 0 Å². The number of nitrogens with zero attached hydrogens (tertiary/aromatic N) is 2. The number of aromatic nitrogens is 2. The summed E-state index contributed by atoms with van der Waals surface area (Å²) >= 11 is 0. The summed E-state index contributed by atoms with van der Waals surface area (Å²) in [7, 11) is 1.97. The van der Waals surface area contributed by atoms with Crippen LogP contribution in [0.25, 0.3) is 0 Å². The average Bonchev–Trinajstić information content (AvgIpc) is 2.51. The second kappa shape index (κ2) is 3.50. The molecule has 1 N–H and O–H groups in total. The van der Waals surface area contributed by atoms with Crippen molar-refractivity contribution in [1.82, 2.24) is 14.9 Å². The number of aryl methyl sites for hydroxylation is 1. The van der Waals surface area contributed by atoms with E-state index in [4.69, 9.17) is 0 Å². The summed E-state index contributed by atoms with van der Waals surface area (Å²) in [5, 5.41) is 3.16. The topological polar surface area (TPSA) is 29.9 Å². The molecule has 0 saturated heterocycles. The van der Waals surface area contributed by atoms with E-state index < -0.39 is 0 Å². The summed E-state index contributed by atoms with van der Waals surface area (Å²) in [5.74, 6) is 1.18. The van der Waals surface area contributed by atoms with Gasteiger partial charge in [-0.15, -0.1) is 0 Å². The molecule has 0 bridgehead atoms. The van der Waals surface area contributed by atoms with Gasteiger partial charge in [-0.3, -0.25) is 0 Å². The van der Waals surface area contributed by atoms with E-state index in [9.17, 15) is 0 Å². The van der Waals surface area contributed by atoms with E-state index in [0.717, 1.165) is 6.54 Å². The fourth-order valence-electron chi connectivity index (χ4n) is 2.16. The van der Waals surface area contributed by atoms with Crippen molar-refractivity contribution in [3.8, 4) is 0 Å². The summed E-state index contributed by atoms with van der Waals surface area (Å²) in [6.45, 7) is 3.16. The standard InChI is InChI=1S/C10H17N3/c1-8-4-3-5-9-6-12-10(7-11-2)13(8)9/h6,8,11H,3-5,7H2,1-2H3. The Balaban J connectivity index is 2.32. The maximum Gasteiger partial charge on any atom is 0.123 e. The Morgan fingerprint density at radius 1 is 1.69 bits per heavy atom. The Morgan fingerprint density at radius 2 is 2.54 bits per heavy atom. The summed E-state index contributed by atoms with van der Waals surface area (Å²) in [5.41, 5.74) is 1.41. The normalized spacial score (nSPS) is 21.5. The van der Waals surface area contributed by atoms with Gasteiger partial charge >= 0.3 is 0 Å². The SMILES string of the molecule is CNCc1ncc2n1C(C)CCC2. The van der Waals surface area contributed by atoms with Crippen molar-refractivity contribution < 1.29 is 0 Å². The minimum absolute atomic E-state index is 0.634. The molecule has 1 unspecified atom stereocenters. The Labute approximate surface area is 79.2 Å². The lowest BCUT2D eigenvalue weighted by Gasteiger charge is -2.23. The van der Waals surface area contributed by atoms with Gasteiger partial charge in [-0.25, -0.2) is 4.98 Å². The zero-order chi connectivity index (χ0) is 9.26. The average molecular weight is 179 g/mol. The molecule has 2 heterocycles. The van der Waals surface area contributed by atoms with Crippen LogP contribution in [0, 0.1) is 0 Å². The largest absolute Gasteiger partial charge is 0.328 e. The first kappa shape index (κ1) is 8.75. The number of rotatable bonds is 2. The van der Waals surface area contributed by atoms with Crippen molar-refractivity contribution in [3.05, 3.63) is 17.7 Å². The molecule has 0 spiro atoms. The van der Waals surface area contributed by atoms with Gasteiger partial charge in [-0.05, 0) is 33.2 Å². The van der Waals surface area contributed by atoms with Crippen molar-refractivity contribution in [2.45, 2.75) is 38.8 Å². The number of nitrogens with one attached hydrogen (secondary N) is 1. The predicted molar refractivity (Wildman–Crippen MR) is 52.6 cm³/mol. The molecule has 3 heteroatoms. The smallest absolute Gasteiger partial charge is 0.123 e. The first-order valence-electron chi connectivity index (χ1n) is 5.02. The minimum Gasteiger partial charge on any atom is -0.328 e. The molecule has 0 radical (unpaired) electrons. The molecule has 3 nitrogen and oxygen atoms in total. The van der Waals surface area contributed by atoms with Crippen molar-refractivity contribution in [2.75, 3.05) is 7.05 Å². The predicted octanol–water partition coefficient (Wildman–Crippen LogP) is 1.50. The summed E-state index contributed by atoms with van der Waals surface area (Å²) < 4.78 is 2.39. The van der Waals surface area contributed by atoms with Gasteiger partial charge in [-0.1, -0.05) is 0 Å². The highest BCUT2D eigenvalue weighted by molar-refractivity contribution is 5.09. The molecule has 0 amide bonds. The molecule has 1 aliphatic heterocycles. The fourth-order valence-corrected chi connectivity index (χ4v) is 2.16. The van der Waals surface area contributed by atoms with Crippen LogP contribution < -0.4 is 5.32 Å². The van der Waals surface area contributed by atoms with Gasteiger partial charge in [0, 0.05) is 17.9 Å². The van der Waals surface area contributed by atoms with Gasteiger partial charge in [0.15, 0.2) is 0 Å². The Bertz CT molecular complexity index is 290. The molecule has 1 aliphatic rings. The number of fused-ring (bicyclic) bond motifs is 1. The maximum atomic E-state index is 4.44. The lowest BCUT2D eigenvalue weighted by atomic mass is 10.0. The van der Waals surface area contributed by atoms with Gasteiger partial charge in [0.25, 0.3) is 0 Å². The molecular weight excluding hydrogens is 162 g/mol. The van der Waals surface area contributed by atoms with Crippen LogP contribution in [0.5, 0.6) is 0 Å². The van der Waals surface area contributed by atoms with E-state index in [2.05, 4.69) is 21.8 Å². The zero-order valence-electron chi connectivity index (χ0n) is 8.38. The molecule has 0 fully saturated rings. The molecule has 0 aromatic carbocycles. The molecule has 2 rings (SSSR count). The van der Waals surface area contributed by atoms with Gasteiger partial charge in [0.1, 0.15) is 5.82 Å². The van der Waals surface area contributed by atoms with Crippen LogP contribution in [-0.4, -0.2) is 16.6 Å². The molecule has 1 aromatic rings. The van der Waals surface area contributed by atoms with Crippen LogP contribution in [0.15, 0.2) is 6.20 Å². The van der Waals surface area contributed by atoms with Crippen LogP contribution in [0.4, 0.5) is 0 Å². The van der Waals surface area contributed by atoms with E-state index in [-0.39, 0.29) is 0 Å². The lowest BCUT2D eigenvalue weighted by Crippen LogP contribution is -2.20. The molecule has 0 aliphatic carbocycles. The van der Waals surface area contributed by atoms with Crippen molar-refractivity contribution in [3.63, 3.8) is 0 Å². The van der Waals surface area contributed by atoms with Crippen LogP contribution in [0.3, 0.4) is 0 Å². The van der Waals surface area contributed by atoms with Crippen LogP contribution in [0.2, 0.25) is 0 Å². The summed E-state index contributed by atoms with van der Waals surface area (Å²) in [6, 6.07) is 0.634. The van der Waals surface area contributed by atoms with E-state index in [0.29, 0.717) is 6.04 Å². The maximum absolute atomic E-state index is 4.44. The summed E-state index contributed by atoms with van der Waals surface area (Å²) in [6.07, 6.45) is 5.83. The Kier molecular flexibility index (Phi) is 2.36. The molecule has 1 atom stereocenters. The fraction of sp³-hybridized carbons (Fsp3) is 0.700. The van der Waals surface area contributed by atoms with E-state index in [1.165, 1.54) is 30.8 Å². The first-order valence-corrected chi connectivity index (χ1v) is 5.02. The highest BCUT2D eigenvalue weighted by atomic mass is 15.1. The second-order valence-corrected chi connectivity index (χ2v) is 3.81. The molecular formula is C10H17N3. The minimum atomic E-state index is 0.634. The molecule has 1 aromatic heterocycles. The Morgan fingerprint density at radius 3 is 3.31 bits per heavy atom. The van der Waals surface area contributed by atoms with E-state index in [1.807, 2.05) is 13.2 Å². The number of imidazole rings is 1. The lowest BCUT2D eigenvalue weighted by molar-refractivity contribution is 0.415. The second-order valence-electron chi connectivity index (χ2n) is 3.81. The van der Waals surface area contributed by atoms with Gasteiger partial charge in [0.05, 0.1) is 6.54 Å². The molecule has 72 valence electrons. The van der Waals surface area contributed by atoms with Crippen molar-refractivity contribution in [2.24, 2.45) is 0 Å². The Hall–Kier alpha value is -0.830. The zero-order valence-corrected chi connectivity index (χ0v) is 8.38. The third-order valence-electron chi connectivity index (χ3n) is 2.78. The van der Waals surface area contributed by atoms with Gasteiger partial charge < -0.3 is 9.88 Å². The van der Waals surface area contributed by atoms with E-state index >= 15 is 0 Å². The van der Waals surface area contributed by atoms with Crippen LogP contribution in [0.1, 0.15) is 37.3 Å². The third kappa shape index (κ3) is 1.48. The number of hydrogen-bond acceptors (Lipinski definition) is 2. The monoisotopic (exact) mass is 179 g/mol. The highest BCUT2D eigenvalue weighted by Crippen LogP contribution is 2.25. The molecule has 13 heavy (non-hydrogen) atoms. The summed E-state index contributed by atoms with van der Waals surface area (Å²) in [4.78, 5) is 4.44. The van der Waals surface area contributed by atoms with Crippen molar-refractivity contribution >= 4 is 0 Å². The third-order valence-corrected chi connectivity index (χ3v) is 2.78. The quantitative estimate of drug-likeness (QED) is 0.745. The highest BCUT2D eigenvalue weighted by Gasteiger charge is 2.18. The number of hydrogen-bond donors (Lipinski definition) is 1. The van der Waals surface area contributed by atoms with Gasteiger partial charge in [0.2, 0.25) is 0 Å². The first-order chi connectivity index (χ1) is 6.33.